The summed E-state index contributed by atoms with van der Waals surface area (Å²) in [4.78, 5) is 4.45. The highest BCUT2D eigenvalue weighted by Crippen LogP contribution is 2.08. The molecule has 0 aromatic heterocycles. The lowest BCUT2D eigenvalue weighted by molar-refractivity contribution is 0.745. The quantitative estimate of drug-likeness (QED) is 0.547. The zero-order chi connectivity index (χ0) is 21.0. The van der Waals surface area contributed by atoms with Crippen molar-refractivity contribution in [1.82, 2.24) is 10.7 Å². The molecule has 31 heavy (non-hydrogen) atoms. The van der Waals surface area contributed by atoms with Gasteiger partial charge in [0.1, 0.15) is 0 Å². The summed E-state index contributed by atoms with van der Waals surface area (Å²) in [5.74, 6) is 0.670. The molecule has 2 aromatic rings. The lowest BCUT2D eigenvalue weighted by Crippen LogP contribution is -2.34. The normalized spacial score (nSPS) is 13.2. The fraction of sp³-hybridized carbons (Fsp3) is 0.167. The van der Waals surface area contributed by atoms with Crippen LogP contribution in [0.15, 0.2) is 70.8 Å². The van der Waals surface area contributed by atoms with Gasteiger partial charge < -0.3 is 5.32 Å². The molecule has 0 atom stereocenters. The van der Waals surface area contributed by atoms with Gasteiger partial charge in [-0.1, -0.05) is 36.4 Å². The van der Waals surface area contributed by atoms with Crippen LogP contribution in [0.4, 0.5) is 0 Å². The number of allylic oxidation sites excluding steroid dienone is 2. The average molecular weight is 431 g/mol. The smallest absolute Gasteiger partial charge is 0.212 e. The third-order valence-electron chi connectivity index (χ3n) is 4.41. The molecule has 2 N–H and O–H groups in total. The molecule has 1 aliphatic heterocycles. The van der Waals surface area contributed by atoms with Gasteiger partial charge in [0.25, 0.3) is 0 Å². The van der Waals surface area contributed by atoms with Crippen molar-refractivity contribution in [3.8, 4) is 12.1 Å². The Morgan fingerprint density at radius 2 is 1.45 bits per heavy atom. The van der Waals surface area contributed by atoms with E-state index < -0.39 is 0 Å². The SMILES string of the molecule is Cl.N#Cc1ccc(C=CC(C=Cc2ccc(C#N)cc2)=NNC2=NCCCCN2)cc1. The maximum atomic E-state index is 8.93. The molecule has 0 aliphatic carbocycles. The maximum absolute atomic E-state index is 8.93. The van der Waals surface area contributed by atoms with Crippen LogP contribution in [0, 0.1) is 22.7 Å². The zero-order valence-corrected chi connectivity index (χ0v) is 17.8. The molecule has 1 aliphatic rings. The summed E-state index contributed by atoms with van der Waals surface area (Å²) in [5, 5.41) is 25.6. The van der Waals surface area contributed by atoms with Gasteiger partial charge in [0.15, 0.2) is 0 Å². The van der Waals surface area contributed by atoms with Crippen LogP contribution in [-0.4, -0.2) is 24.8 Å². The first-order valence-electron chi connectivity index (χ1n) is 9.75. The van der Waals surface area contributed by atoms with Gasteiger partial charge in [-0.15, -0.1) is 12.4 Å². The van der Waals surface area contributed by atoms with E-state index in [4.69, 9.17) is 10.5 Å². The van der Waals surface area contributed by atoms with E-state index in [0.29, 0.717) is 22.8 Å². The largest absolute Gasteiger partial charge is 0.355 e. The second-order valence-electron chi connectivity index (χ2n) is 6.65. The molecule has 156 valence electrons. The molecule has 0 amide bonds. The number of halogens is 1. The van der Waals surface area contributed by atoms with E-state index in [2.05, 4.69) is 33.0 Å². The first-order chi connectivity index (χ1) is 14.8. The Hall–Kier alpha value is -3.87. The van der Waals surface area contributed by atoms with Crippen LogP contribution in [0.1, 0.15) is 35.1 Å². The molecule has 1 heterocycles. The van der Waals surface area contributed by atoms with E-state index in [9.17, 15) is 0 Å². The summed E-state index contributed by atoms with van der Waals surface area (Å²) >= 11 is 0. The molecule has 0 radical (unpaired) electrons. The van der Waals surface area contributed by atoms with Gasteiger partial charge in [-0.05, 0) is 60.4 Å². The molecule has 6 nitrogen and oxygen atoms in total. The van der Waals surface area contributed by atoms with Crippen molar-refractivity contribution in [3.05, 3.63) is 82.9 Å². The number of nitriles is 2. The van der Waals surface area contributed by atoms with Crippen LogP contribution in [0.25, 0.3) is 12.2 Å². The highest BCUT2D eigenvalue weighted by Gasteiger charge is 2.01. The van der Waals surface area contributed by atoms with Gasteiger partial charge in [0.05, 0.1) is 29.0 Å². The first-order valence-corrected chi connectivity index (χ1v) is 9.75. The fourth-order valence-corrected chi connectivity index (χ4v) is 2.71. The van der Waals surface area contributed by atoms with E-state index >= 15 is 0 Å². The highest BCUT2D eigenvalue weighted by molar-refractivity contribution is 6.09. The van der Waals surface area contributed by atoms with Crippen molar-refractivity contribution in [3.63, 3.8) is 0 Å². The number of hydrazone groups is 1. The topological polar surface area (TPSA) is 96.4 Å². The monoisotopic (exact) mass is 430 g/mol. The summed E-state index contributed by atoms with van der Waals surface area (Å²) in [6.07, 6.45) is 9.81. The number of benzene rings is 2. The van der Waals surface area contributed by atoms with Gasteiger partial charge >= 0.3 is 0 Å². The van der Waals surface area contributed by atoms with Crippen LogP contribution < -0.4 is 10.7 Å². The van der Waals surface area contributed by atoms with Crippen LogP contribution in [0.5, 0.6) is 0 Å². The van der Waals surface area contributed by atoms with Crippen LogP contribution in [-0.2, 0) is 0 Å². The maximum Gasteiger partial charge on any atom is 0.212 e. The molecule has 0 spiro atoms. The van der Waals surface area contributed by atoms with Crippen molar-refractivity contribution in [2.45, 2.75) is 12.8 Å². The van der Waals surface area contributed by atoms with E-state index in [1.54, 1.807) is 24.3 Å². The third-order valence-corrected chi connectivity index (χ3v) is 4.41. The van der Waals surface area contributed by atoms with Crippen molar-refractivity contribution in [2.24, 2.45) is 10.1 Å². The van der Waals surface area contributed by atoms with Crippen LogP contribution in [0.2, 0.25) is 0 Å². The summed E-state index contributed by atoms with van der Waals surface area (Å²) in [5.41, 5.74) is 6.91. The predicted octanol–water partition coefficient (Wildman–Crippen LogP) is 4.26. The lowest BCUT2D eigenvalue weighted by Gasteiger charge is -2.06. The predicted molar refractivity (Wildman–Crippen MR) is 128 cm³/mol. The van der Waals surface area contributed by atoms with Gasteiger partial charge in [-0.25, -0.2) is 5.43 Å². The van der Waals surface area contributed by atoms with Gasteiger partial charge in [0, 0.05) is 13.1 Å². The van der Waals surface area contributed by atoms with E-state index in [1.165, 1.54) is 0 Å². The Balaban J connectivity index is 0.00000341. The molecule has 0 unspecified atom stereocenters. The first kappa shape index (κ1) is 23.4. The van der Waals surface area contributed by atoms with Crippen molar-refractivity contribution in [2.75, 3.05) is 13.1 Å². The molecule has 0 saturated carbocycles. The standard InChI is InChI=1S/C24H22N6.ClH/c25-17-21-7-3-19(4-8-21)11-13-23(29-30-24-27-15-1-2-16-28-24)14-12-20-5-9-22(18-26)10-6-20;/h3-14H,1-2,15-16H2,(H2,27,28,30);1H. The Bertz CT molecular complexity index is 982. The summed E-state index contributed by atoms with van der Waals surface area (Å²) < 4.78 is 0. The van der Waals surface area contributed by atoms with E-state index in [0.717, 1.165) is 37.1 Å². The summed E-state index contributed by atoms with van der Waals surface area (Å²) in [7, 11) is 0. The number of rotatable bonds is 5. The average Bonchev–Trinajstić information content (AvgIpc) is 3.08. The minimum atomic E-state index is 0. The Morgan fingerprint density at radius 3 is 1.97 bits per heavy atom. The second kappa shape index (κ2) is 12.6. The van der Waals surface area contributed by atoms with Crippen molar-refractivity contribution < 1.29 is 0 Å². The van der Waals surface area contributed by atoms with Crippen molar-refractivity contribution >= 4 is 36.2 Å². The minimum absolute atomic E-state index is 0. The lowest BCUT2D eigenvalue weighted by atomic mass is 10.1. The molecular weight excluding hydrogens is 408 g/mol. The number of hydrogen-bond acceptors (Lipinski definition) is 6. The number of aliphatic imine (C=N–C) groups is 1. The van der Waals surface area contributed by atoms with Crippen LogP contribution in [0.3, 0.4) is 0 Å². The number of hydrogen-bond donors (Lipinski definition) is 2. The number of nitrogens with zero attached hydrogens (tertiary/aromatic N) is 4. The summed E-state index contributed by atoms with van der Waals surface area (Å²) in [6.45, 7) is 1.65. The molecular formula is C24H23ClN6. The van der Waals surface area contributed by atoms with E-state index in [-0.39, 0.29) is 12.4 Å². The fourth-order valence-electron chi connectivity index (χ4n) is 2.71. The second-order valence-corrected chi connectivity index (χ2v) is 6.65. The number of nitrogens with one attached hydrogen (secondary N) is 2. The molecule has 0 fully saturated rings. The molecule has 2 aromatic carbocycles. The third kappa shape index (κ3) is 7.81. The Morgan fingerprint density at radius 1 is 0.903 bits per heavy atom. The molecule has 7 heteroatoms. The highest BCUT2D eigenvalue weighted by atomic mass is 35.5. The van der Waals surface area contributed by atoms with Gasteiger partial charge in [-0.3, -0.25) is 4.99 Å². The number of guanidine groups is 1. The zero-order valence-electron chi connectivity index (χ0n) is 17.0. The summed E-state index contributed by atoms with van der Waals surface area (Å²) in [6, 6.07) is 18.9. The van der Waals surface area contributed by atoms with E-state index in [1.807, 2.05) is 48.6 Å². The van der Waals surface area contributed by atoms with Gasteiger partial charge in [0.2, 0.25) is 5.96 Å². The van der Waals surface area contributed by atoms with Crippen LogP contribution >= 0.6 is 12.4 Å². The van der Waals surface area contributed by atoms with Crippen molar-refractivity contribution in [1.29, 1.82) is 10.5 Å². The molecule has 0 bridgehead atoms. The molecule has 0 saturated heterocycles. The Labute approximate surface area is 188 Å². The Kier molecular flexibility index (Phi) is 9.55. The van der Waals surface area contributed by atoms with Gasteiger partial charge in [-0.2, -0.15) is 15.6 Å². The molecule has 3 rings (SSSR count). The minimum Gasteiger partial charge on any atom is -0.355 e.